The minimum absolute atomic E-state index is 0.721. The summed E-state index contributed by atoms with van der Waals surface area (Å²) in [5.74, 6) is 3.35. The Balaban J connectivity index is 2.32. The highest BCUT2D eigenvalue weighted by molar-refractivity contribution is 5.71. The van der Waals surface area contributed by atoms with E-state index in [-0.39, 0.29) is 0 Å². The molecule has 0 heteroatoms. The zero-order valence-corrected chi connectivity index (χ0v) is 7.53. The van der Waals surface area contributed by atoms with Gasteiger partial charge in [-0.15, -0.1) is 6.42 Å². The summed E-state index contributed by atoms with van der Waals surface area (Å²) in [6.45, 7) is 0. The normalized spacial score (nSPS) is 16.7. The van der Waals surface area contributed by atoms with E-state index in [2.05, 4.69) is 30.2 Å². The Labute approximate surface area is 79.3 Å². The molecule has 0 amide bonds. The number of allylic oxidation sites excluding steroid dienone is 2. The standard InChI is InChI=1S/C13H12/c1-2-6-13(12-9-10-12)11-7-4-3-5-8-11/h1,3-8,12H,9-10H2/b13-6-. The first kappa shape index (κ1) is 8.13. The summed E-state index contributed by atoms with van der Waals surface area (Å²) in [6, 6.07) is 10.4. The van der Waals surface area contributed by atoms with Gasteiger partial charge in [0.1, 0.15) is 0 Å². The molecule has 0 nitrogen and oxygen atoms in total. The van der Waals surface area contributed by atoms with Crippen molar-refractivity contribution < 1.29 is 0 Å². The predicted octanol–water partition coefficient (Wildman–Crippen LogP) is 3.11. The van der Waals surface area contributed by atoms with Crippen molar-refractivity contribution >= 4 is 5.57 Å². The van der Waals surface area contributed by atoms with Gasteiger partial charge in [-0.2, -0.15) is 0 Å². The first-order chi connectivity index (χ1) is 6.42. The maximum absolute atomic E-state index is 5.31. The van der Waals surface area contributed by atoms with Gasteiger partial charge < -0.3 is 0 Å². The molecule has 1 saturated carbocycles. The summed E-state index contributed by atoms with van der Waals surface area (Å²) in [5, 5.41) is 0. The molecule has 13 heavy (non-hydrogen) atoms. The smallest absolute Gasteiger partial charge is 0.00807 e. The molecule has 0 N–H and O–H groups in total. The molecular weight excluding hydrogens is 156 g/mol. The summed E-state index contributed by atoms with van der Waals surface area (Å²) in [4.78, 5) is 0. The van der Waals surface area contributed by atoms with Crippen molar-refractivity contribution in [2.75, 3.05) is 0 Å². The molecule has 0 heterocycles. The molecule has 1 aromatic rings. The van der Waals surface area contributed by atoms with Crippen LogP contribution in [0.25, 0.3) is 5.57 Å². The number of hydrogen-bond acceptors (Lipinski definition) is 0. The minimum atomic E-state index is 0.721. The number of hydrogen-bond donors (Lipinski definition) is 0. The van der Waals surface area contributed by atoms with E-state index < -0.39 is 0 Å². The Morgan fingerprint density at radius 3 is 2.54 bits per heavy atom. The van der Waals surface area contributed by atoms with Gasteiger partial charge in [-0.1, -0.05) is 36.3 Å². The van der Waals surface area contributed by atoms with E-state index in [0.717, 1.165) is 5.92 Å². The number of terminal acetylenes is 1. The van der Waals surface area contributed by atoms with Crippen molar-refractivity contribution in [3.05, 3.63) is 42.0 Å². The molecule has 0 radical (unpaired) electrons. The van der Waals surface area contributed by atoms with Crippen LogP contribution in [0.2, 0.25) is 0 Å². The van der Waals surface area contributed by atoms with E-state index >= 15 is 0 Å². The van der Waals surface area contributed by atoms with Crippen molar-refractivity contribution in [1.82, 2.24) is 0 Å². The topological polar surface area (TPSA) is 0 Å². The molecule has 0 aliphatic heterocycles. The third-order valence-corrected chi connectivity index (χ3v) is 2.36. The van der Waals surface area contributed by atoms with E-state index in [1.165, 1.54) is 24.0 Å². The van der Waals surface area contributed by atoms with E-state index in [9.17, 15) is 0 Å². The second-order valence-electron chi connectivity index (χ2n) is 3.41. The Hall–Kier alpha value is -1.48. The van der Waals surface area contributed by atoms with Crippen LogP contribution in [-0.2, 0) is 0 Å². The lowest BCUT2D eigenvalue weighted by molar-refractivity contribution is 1.15. The third-order valence-electron chi connectivity index (χ3n) is 2.36. The Morgan fingerprint density at radius 2 is 2.00 bits per heavy atom. The summed E-state index contributed by atoms with van der Waals surface area (Å²) in [7, 11) is 0. The van der Waals surface area contributed by atoms with Crippen molar-refractivity contribution in [3.63, 3.8) is 0 Å². The molecule has 64 valence electrons. The fourth-order valence-electron chi connectivity index (χ4n) is 1.55. The molecule has 1 aromatic carbocycles. The lowest BCUT2D eigenvalue weighted by Gasteiger charge is -2.03. The van der Waals surface area contributed by atoms with Gasteiger partial charge in [0.15, 0.2) is 0 Å². The van der Waals surface area contributed by atoms with Gasteiger partial charge in [0.25, 0.3) is 0 Å². The third kappa shape index (κ3) is 1.81. The minimum Gasteiger partial charge on any atom is -0.115 e. The van der Waals surface area contributed by atoms with Gasteiger partial charge >= 0.3 is 0 Å². The molecule has 0 spiro atoms. The quantitative estimate of drug-likeness (QED) is 0.595. The van der Waals surface area contributed by atoms with Crippen LogP contribution in [-0.4, -0.2) is 0 Å². The molecule has 0 unspecified atom stereocenters. The molecule has 2 rings (SSSR count). The van der Waals surface area contributed by atoms with Crippen molar-refractivity contribution in [1.29, 1.82) is 0 Å². The van der Waals surface area contributed by atoms with Gasteiger partial charge in [0.2, 0.25) is 0 Å². The van der Waals surface area contributed by atoms with E-state index in [0.29, 0.717) is 0 Å². The maximum Gasteiger partial charge on any atom is -0.00807 e. The van der Waals surface area contributed by atoms with Gasteiger partial charge in [0.05, 0.1) is 0 Å². The van der Waals surface area contributed by atoms with Gasteiger partial charge in [-0.05, 0) is 36.0 Å². The van der Waals surface area contributed by atoms with Crippen LogP contribution >= 0.6 is 0 Å². The van der Waals surface area contributed by atoms with Gasteiger partial charge in [0, 0.05) is 0 Å². The van der Waals surface area contributed by atoms with Crippen LogP contribution in [0.15, 0.2) is 36.4 Å². The van der Waals surface area contributed by atoms with Crippen LogP contribution in [0.5, 0.6) is 0 Å². The molecule has 1 aliphatic rings. The molecule has 1 aliphatic carbocycles. The molecule has 0 saturated heterocycles. The Bertz CT molecular complexity index is 347. The number of rotatable bonds is 2. The van der Waals surface area contributed by atoms with Crippen molar-refractivity contribution in [2.24, 2.45) is 5.92 Å². The predicted molar refractivity (Wildman–Crippen MR) is 56.0 cm³/mol. The maximum atomic E-state index is 5.31. The summed E-state index contributed by atoms with van der Waals surface area (Å²) in [6.07, 6.45) is 9.80. The van der Waals surface area contributed by atoms with Crippen molar-refractivity contribution in [2.45, 2.75) is 12.8 Å². The van der Waals surface area contributed by atoms with Crippen LogP contribution in [0, 0.1) is 18.3 Å². The SMILES string of the molecule is C#C/C=C(/c1ccccc1)C1CC1. The molecule has 0 aromatic heterocycles. The number of benzene rings is 1. The second-order valence-corrected chi connectivity index (χ2v) is 3.41. The molecule has 0 atom stereocenters. The average Bonchev–Trinajstić information content (AvgIpc) is 2.99. The van der Waals surface area contributed by atoms with Gasteiger partial charge in [-0.3, -0.25) is 0 Å². The molecular formula is C13H12. The van der Waals surface area contributed by atoms with Crippen molar-refractivity contribution in [3.8, 4) is 12.3 Å². The zero-order chi connectivity index (χ0) is 9.10. The van der Waals surface area contributed by atoms with Crippen LogP contribution in [0.3, 0.4) is 0 Å². The van der Waals surface area contributed by atoms with Crippen LogP contribution in [0.4, 0.5) is 0 Å². The Kier molecular flexibility index (Phi) is 2.19. The average molecular weight is 168 g/mol. The fraction of sp³-hybridized carbons (Fsp3) is 0.231. The molecule has 1 fully saturated rings. The van der Waals surface area contributed by atoms with E-state index in [4.69, 9.17) is 6.42 Å². The molecule has 0 bridgehead atoms. The lowest BCUT2D eigenvalue weighted by Crippen LogP contribution is -1.85. The fourth-order valence-corrected chi connectivity index (χ4v) is 1.55. The first-order valence-electron chi connectivity index (χ1n) is 4.63. The van der Waals surface area contributed by atoms with Gasteiger partial charge in [-0.25, -0.2) is 0 Å². The highest BCUT2D eigenvalue weighted by Gasteiger charge is 2.26. The van der Waals surface area contributed by atoms with E-state index in [1.54, 1.807) is 0 Å². The Morgan fingerprint density at radius 1 is 1.31 bits per heavy atom. The highest BCUT2D eigenvalue weighted by atomic mass is 14.3. The summed E-state index contributed by atoms with van der Waals surface area (Å²) in [5.41, 5.74) is 2.62. The first-order valence-corrected chi connectivity index (χ1v) is 4.63. The highest BCUT2D eigenvalue weighted by Crippen LogP contribution is 2.41. The lowest BCUT2D eigenvalue weighted by atomic mass is 10.0. The monoisotopic (exact) mass is 168 g/mol. The summed E-state index contributed by atoms with van der Waals surface area (Å²) >= 11 is 0. The largest absolute Gasteiger partial charge is 0.115 e. The zero-order valence-electron chi connectivity index (χ0n) is 7.53. The van der Waals surface area contributed by atoms with Crippen LogP contribution in [0.1, 0.15) is 18.4 Å². The second kappa shape index (κ2) is 3.49. The van der Waals surface area contributed by atoms with Crippen LogP contribution < -0.4 is 0 Å². The van der Waals surface area contributed by atoms with E-state index in [1.807, 2.05) is 12.1 Å². The summed E-state index contributed by atoms with van der Waals surface area (Å²) < 4.78 is 0.